The first-order valence-corrected chi connectivity index (χ1v) is 8.93. The van der Waals surface area contributed by atoms with Crippen molar-refractivity contribution in [3.8, 4) is 5.75 Å². The maximum Gasteiger partial charge on any atom is 0.255 e. The molecule has 0 saturated carbocycles. The highest BCUT2D eigenvalue weighted by Crippen LogP contribution is 2.19. The number of nitrogens with one attached hydrogen (secondary N) is 2. The van der Waals surface area contributed by atoms with Gasteiger partial charge in [-0.1, -0.05) is 32.0 Å². The van der Waals surface area contributed by atoms with E-state index in [0.717, 1.165) is 0 Å². The van der Waals surface area contributed by atoms with Gasteiger partial charge < -0.3 is 15.4 Å². The second-order valence-corrected chi connectivity index (χ2v) is 6.58. The van der Waals surface area contributed by atoms with Gasteiger partial charge in [0.1, 0.15) is 17.6 Å². The Kier molecular flexibility index (Phi) is 6.93. The summed E-state index contributed by atoms with van der Waals surface area (Å²) < 4.78 is 19.2. The first-order valence-electron chi connectivity index (χ1n) is 8.93. The van der Waals surface area contributed by atoms with Crippen LogP contribution in [0.25, 0.3) is 0 Å². The molecular weight excluding hydrogens is 347 g/mol. The molecule has 6 heteroatoms. The average Bonchev–Trinajstić information content (AvgIpc) is 2.63. The fraction of sp³-hybridized carbons (Fsp3) is 0.333. The smallest absolute Gasteiger partial charge is 0.255 e. The molecule has 0 bridgehead atoms. The van der Waals surface area contributed by atoms with E-state index in [1.807, 2.05) is 20.8 Å². The Hall–Kier alpha value is -2.89. The number of ether oxygens (including phenoxy) is 1. The van der Waals surface area contributed by atoms with Gasteiger partial charge in [-0.05, 0) is 49.6 Å². The summed E-state index contributed by atoms with van der Waals surface area (Å²) in [7, 11) is 0. The number of carbonyl (C=O) groups is 2. The zero-order valence-electron chi connectivity index (χ0n) is 16.0. The van der Waals surface area contributed by atoms with Crippen molar-refractivity contribution < 1.29 is 18.7 Å². The van der Waals surface area contributed by atoms with E-state index in [0.29, 0.717) is 29.2 Å². The molecule has 27 heavy (non-hydrogen) atoms. The molecule has 2 aromatic rings. The summed E-state index contributed by atoms with van der Waals surface area (Å²) in [6.07, 6.45) is 0. The lowest BCUT2D eigenvalue weighted by molar-refractivity contribution is -0.118. The van der Waals surface area contributed by atoms with Gasteiger partial charge >= 0.3 is 0 Å². The molecule has 0 radical (unpaired) electrons. The van der Waals surface area contributed by atoms with Crippen LogP contribution in [0.2, 0.25) is 0 Å². The van der Waals surface area contributed by atoms with Gasteiger partial charge in [-0.15, -0.1) is 0 Å². The zero-order chi connectivity index (χ0) is 20.0. The predicted molar refractivity (Wildman–Crippen MR) is 103 cm³/mol. The highest BCUT2D eigenvalue weighted by atomic mass is 19.1. The van der Waals surface area contributed by atoms with Gasteiger partial charge in [0.05, 0.1) is 12.2 Å². The maximum absolute atomic E-state index is 13.7. The van der Waals surface area contributed by atoms with E-state index in [2.05, 4.69) is 10.6 Å². The molecule has 0 saturated heterocycles. The van der Waals surface area contributed by atoms with Crippen LogP contribution in [0.5, 0.6) is 5.75 Å². The number of amides is 2. The van der Waals surface area contributed by atoms with Crippen molar-refractivity contribution in [3.05, 3.63) is 59.4 Å². The summed E-state index contributed by atoms with van der Waals surface area (Å²) in [6.45, 7) is 7.56. The minimum Gasteiger partial charge on any atom is -0.493 e. The van der Waals surface area contributed by atoms with E-state index < -0.39 is 23.7 Å². The third-order valence-corrected chi connectivity index (χ3v) is 4.11. The Morgan fingerprint density at radius 3 is 2.48 bits per heavy atom. The van der Waals surface area contributed by atoms with E-state index >= 15 is 0 Å². The summed E-state index contributed by atoms with van der Waals surface area (Å²) in [6, 6.07) is 10.6. The van der Waals surface area contributed by atoms with E-state index in [1.165, 1.54) is 6.07 Å². The van der Waals surface area contributed by atoms with Crippen LogP contribution in [0.1, 0.15) is 36.7 Å². The Morgan fingerprint density at radius 2 is 1.85 bits per heavy atom. The second-order valence-electron chi connectivity index (χ2n) is 6.58. The van der Waals surface area contributed by atoms with Crippen molar-refractivity contribution in [3.63, 3.8) is 0 Å². The fourth-order valence-corrected chi connectivity index (χ4v) is 2.58. The number of halogens is 1. The SMILES string of the molecule is CCOc1ccccc1C(=O)N[C@H](C(=O)Nc1ccc(C)c(F)c1)C(C)C. The van der Waals surface area contributed by atoms with Crippen molar-refractivity contribution >= 4 is 17.5 Å². The molecule has 0 unspecified atom stereocenters. The molecule has 2 rings (SSSR count). The number of carbonyl (C=O) groups excluding carboxylic acids is 2. The maximum atomic E-state index is 13.7. The molecule has 0 aliphatic carbocycles. The molecule has 1 atom stereocenters. The molecule has 0 fully saturated rings. The molecule has 0 heterocycles. The minimum absolute atomic E-state index is 0.163. The number of benzene rings is 2. The van der Waals surface area contributed by atoms with Crippen LogP contribution in [-0.2, 0) is 4.79 Å². The van der Waals surface area contributed by atoms with Gasteiger partial charge in [0.2, 0.25) is 5.91 Å². The van der Waals surface area contributed by atoms with E-state index in [9.17, 15) is 14.0 Å². The quantitative estimate of drug-likeness (QED) is 0.774. The number of rotatable bonds is 7. The van der Waals surface area contributed by atoms with E-state index in [4.69, 9.17) is 4.74 Å². The highest BCUT2D eigenvalue weighted by molar-refractivity contribution is 6.02. The molecule has 2 amide bonds. The zero-order valence-corrected chi connectivity index (χ0v) is 16.0. The van der Waals surface area contributed by atoms with Crippen LogP contribution < -0.4 is 15.4 Å². The Bertz CT molecular complexity index is 821. The normalized spacial score (nSPS) is 11.8. The van der Waals surface area contributed by atoms with Gasteiger partial charge in [0.25, 0.3) is 5.91 Å². The number of anilines is 1. The van der Waals surface area contributed by atoms with E-state index in [1.54, 1.807) is 43.3 Å². The van der Waals surface area contributed by atoms with Crippen LogP contribution in [0.3, 0.4) is 0 Å². The Labute approximate surface area is 158 Å². The predicted octanol–water partition coefficient (Wildman–Crippen LogP) is 3.93. The van der Waals surface area contributed by atoms with Crippen LogP contribution in [0.4, 0.5) is 10.1 Å². The highest BCUT2D eigenvalue weighted by Gasteiger charge is 2.26. The van der Waals surface area contributed by atoms with Gasteiger partial charge in [-0.25, -0.2) is 4.39 Å². The lowest BCUT2D eigenvalue weighted by atomic mass is 10.0. The number of aryl methyl sites for hydroxylation is 1. The number of hydrogen-bond acceptors (Lipinski definition) is 3. The standard InChI is InChI=1S/C21H25FN2O3/c1-5-27-18-9-7-6-8-16(18)20(25)24-19(13(2)3)21(26)23-15-11-10-14(4)17(22)12-15/h6-13,19H,5H2,1-4H3,(H,23,26)(H,24,25)/t19-/m0/s1. The van der Waals surface area contributed by atoms with Crippen molar-refractivity contribution in [2.75, 3.05) is 11.9 Å². The van der Waals surface area contributed by atoms with Gasteiger partial charge in [-0.3, -0.25) is 9.59 Å². The van der Waals surface area contributed by atoms with Crippen molar-refractivity contribution in [1.29, 1.82) is 0 Å². The average molecular weight is 372 g/mol. The van der Waals surface area contributed by atoms with Crippen LogP contribution in [0, 0.1) is 18.7 Å². The fourth-order valence-electron chi connectivity index (χ4n) is 2.58. The summed E-state index contributed by atoms with van der Waals surface area (Å²) >= 11 is 0. The van der Waals surface area contributed by atoms with Crippen molar-refractivity contribution in [2.24, 2.45) is 5.92 Å². The van der Waals surface area contributed by atoms with Crippen LogP contribution in [0.15, 0.2) is 42.5 Å². The largest absolute Gasteiger partial charge is 0.493 e. The second kappa shape index (κ2) is 9.16. The molecule has 0 aliphatic heterocycles. The summed E-state index contributed by atoms with van der Waals surface area (Å²) in [5.74, 6) is -0.911. The van der Waals surface area contributed by atoms with Gasteiger partial charge in [0, 0.05) is 5.69 Å². The molecule has 144 valence electrons. The summed E-state index contributed by atoms with van der Waals surface area (Å²) in [4.78, 5) is 25.3. The van der Waals surface area contributed by atoms with Crippen LogP contribution >= 0.6 is 0 Å². The first-order chi connectivity index (χ1) is 12.8. The lowest BCUT2D eigenvalue weighted by Crippen LogP contribution is -2.47. The molecule has 2 N–H and O–H groups in total. The molecule has 5 nitrogen and oxygen atoms in total. The Balaban J connectivity index is 2.16. The van der Waals surface area contributed by atoms with Crippen molar-refractivity contribution in [1.82, 2.24) is 5.32 Å². The molecular formula is C21H25FN2O3. The third-order valence-electron chi connectivity index (χ3n) is 4.11. The van der Waals surface area contributed by atoms with Gasteiger partial charge in [-0.2, -0.15) is 0 Å². The minimum atomic E-state index is -0.781. The van der Waals surface area contributed by atoms with Crippen LogP contribution in [-0.4, -0.2) is 24.5 Å². The number of para-hydroxylation sites is 1. The summed E-state index contributed by atoms with van der Waals surface area (Å²) in [5, 5.41) is 5.42. The van der Waals surface area contributed by atoms with Crippen molar-refractivity contribution in [2.45, 2.75) is 33.7 Å². The monoisotopic (exact) mass is 372 g/mol. The third kappa shape index (κ3) is 5.29. The Morgan fingerprint density at radius 1 is 1.15 bits per heavy atom. The molecule has 2 aromatic carbocycles. The number of hydrogen-bond donors (Lipinski definition) is 2. The van der Waals surface area contributed by atoms with Gasteiger partial charge in [0.15, 0.2) is 0 Å². The van der Waals surface area contributed by atoms with E-state index in [-0.39, 0.29) is 5.92 Å². The first kappa shape index (κ1) is 20.4. The summed E-state index contributed by atoms with van der Waals surface area (Å²) in [5.41, 5.74) is 1.20. The molecule has 0 aliphatic rings. The lowest BCUT2D eigenvalue weighted by Gasteiger charge is -2.22. The molecule has 0 spiro atoms. The molecule has 0 aromatic heterocycles. The topological polar surface area (TPSA) is 67.4 Å².